The third kappa shape index (κ3) is 2.94. The molecule has 3 heteroatoms. The highest BCUT2D eigenvalue weighted by Crippen LogP contribution is 2.23. The van der Waals surface area contributed by atoms with Gasteiger partial charge in [0.2, 0.25) is 5.88 Å². The molecule has 1 heterocycles. The zero-order chi connectivity index (χ0) is 13.0. The Morgan fingerprint density at radius 2 is 2.06 bits per heavy atom. The van der Waals surface area contributed by atoms with Gasteiger partial charge < -0.3 is 4.74 Å². The topological polar surface area (TPSA) is 39.2 Å². The van der Waals surface area contributed by atoms with E-state index in [9.17, 15) is 4.79 Å². The highest BCUT2D eigenvalue weighted by atomic mass is 16.5. The number of ether oxygens (including phenoxy) is 1. The van der Waals surface area contributed by atoms with E-state index < -0.39 is 0 Å². The van der Waals surface area contributed by atoms with Gasteiger partial charge in [-0.3, -0.25) is 4.79 Å². The first-order valence-corrected chi connectivity index (χ1v) is 5.88. The first-order valence-electron chi connectivity index (χ1n) is 5.88. The van der Waals surface area contributed by atoms with E-state index in [1.807, 2.05) is 18.2 Å². The number of hydrogen-bond acceptors (Lipinski definition) is 3. The molecule has 2 aromatic rings. The molecule has 0 saturated carbocycles. The first kappa shape index (κ1) is 12.3. The zero-order valence-electron chi connectivity index (χ0n) is 10.5. The van der Waals surface area contributed by atoms with Gasteiger partial charge in [-0.25, -0.2) is 4.98 Å². The number of hydrogen-bond donors (Lipinski definition) is 0. The number of benzene rings is 1. The summed E-state index contributed by atoms with van der Waals surface area (Å²) in [4.78, 5) is 14.6. The van der Waals surface area contributed by atoms with E-state index in [0.29, 0.717) is 17.4 Å². The van der Waals surface area contributed by atoms with Crippen molar-refractivity contribution in [1.82, 2.24) is 4.98 Å². The Morgan fingerprint density at radius 1 is 1.22 bits per heavy atom. The summed E-state index contributed by atoms with van der Waals surface area (Å²) in [5, 5.41) is 0. The molecule has 0 amide bonds. The largest absolute Gasteiger partial charge is 0.439 e. The van der Waals surface area contributed by atoms with Gasteiger partial charge in [-0.1, -0.05) is 26.0 Å². The minimum absolute atomic E-state index is 0.457. The van der Waals surface area contributed by atoms with Gasteiger partial charge in [0.05, 0.1) is 0 Å². The predicted molar refractivity (Wildman–Crippen MR) is 70.2 cm³/mol. The van der Waals surface area contributed by atoms with Crippen LogP contribution in [0.5, 0.6) is 11.6 Å². The monoisotopic (exact) mass is 241 g/mol. The highest BCUT2D eigenvalue weighted by molar-refractivity contribution is 5.74. The fourth-order valence-electron chi connectivity index (χ4n) is 1.58. The van der Waals surface area contributed by atoms with Crippen molar-refractivity contribution < 1.29 is 9.53 Å². The van der Waals surface area contributed by atoms with Crippen LogP contribution in [0.25, 0.3) is 0 Å². The molecule has 1 aromatic heterocycles. The summed E-state index contributed by atoms with van der Waals surface area (Å²) in [7, 11) is 0. The summed E-state index contributed by atoms with van der Waals surface area (Å²) in [6.07, 6.45) is 2.25. The van der Waals surface area contributed by atoms with Crippen molar-refractivity contribution in [3.8, 4) is 11.6 Å². The van der Waals surface area contributed by atoms with Gasteiger partial charge in [-0.05, 0) is 29.7 Å². The summed E-state index contributed by atoms with van der Waals surface area (Å²) in [5.41, 5.74) is 1.76. The first-order chi connectivity index (χ1) is 8.69. The lowest BCUT2D eigenvalue weighted by atomic mass is 10.0. The second kappa shape index (κ2) is 5.45. The Labute approximate surface area is 106 Å². The van der Waals surface area contributed by atoms with E-state index in [4.69, 9.17) is 4.74 Å². The van der Waals surface area contributed by atoms with Crippen LogP contribution in [-0.4, -0.2) is 11.3 Å². The normalized spacial score (nSPS) is 10.4. The van der Waals surface area contributed by atoms with Crippen LogP contribution in [0.2, 0.25) is 0 Å². The van der Waals surface area contributed by atoms with E-state index in [2.05, 4.69) is 24.9 Å². The number of carbonyl (C=O) groups is 1. The van der Waals surface area contributed by atoms with E-state index in [0.717, 1.165) is 12.0 Å². The molecule has 3 nitrogen and oxygen atoms in total. The lowest BCUT2D eigenvalue weighted by molar-refractivity contribution is 0.112. The lowest BCUT2D eigenvalue weighted by Gasteiger charge is -2.09. The number of aromatic nitrogens is 1. The third-order valence-electron chi connectivity index (χ3n) is 2.64. The number of rotatable bonds is 4. The molecule has 92 valence electrons. The van der Waals surface area contributed by atoms with Crippen LogP contribution < -0.4 is 4.74 Å². The summed E-state index contributed by atoms with van der Waals surface area (Å²) < 4.78 is 5.64. The molecular formula is C15H15NO2. The lowest BCUT2D eigenvalue weighted by Crippen LogP contribution is -1.91. The third-order valence-corrected chi connectivity index (χ3v) is 2.64. The second-order valence-corrected chi connectivity index (χ2v) is 4.38. The van der Waals surface area contributed by atoms with Crippen LogP contribution in [0.15, 0.2) is 42.6 Å². The van der Waals surface area contributed by atoms with Gasteiger partial charge >= 0.3 is 0 Å². The molecule has 1 aromatic carbocycles. The fraction of sp³-hybridized carbons (Fsp3) is 0.200. The van der Waals surface area contributed by atoms with Crippen LogP contribution >= 0.6 is 0 Å². The Bertz CT molecular complexity index is 532. The van der Waals surface area contributed by atoms with Crippen molar-refractivity contribution in [2.45, 2.75) is 19.8 Å². The van der Waals surface area contributed by atoms with Gasteiger partial charge in [0.25, 0.3) is 0 Å². The molecule has 0 N–H and O–H groups in total. The average molecular weight is 241 g/mol. The standard InChI is InChI=1S/C15H15NO2/c1-11(2)13-4-3-5-14(8-13)18-15-7-6-12(10-17)9-16-15/h3-11H,1-2H3. The van der Waals surface area contributed by atoms with Crippen molar-refractivity contribution in [3.05, 3.63) is 53.7 Å². The van der Waals surface area contributed by atoms with Gasteiger partial charge in [0.15, 0.2) is 6.29 Å². The summed E-state index contributed by atoms with van der Waals surface area (Å²) in [6, 6.07) is 11.3. The van der Waals surface area contributed by atoms with E-state index in [-0.39, 0.29) is 0 Å². The van der Waals surface area contributed by atoms with Gasteiger partial charge in [0.1, 0.15) is 5.75 Å². The van der Waals surface area contributed by atoms with Gasteiger partial charge in [-0.2, -0.15) is 0 Å². The maximum atomic E-state index is 10.5. The predicted octanol–water partition coefficient (Wildman–Crippen LogP) is 3.81. The molecule has 0 saturated heterocycles. The maximum absolute atomic E-state index is 10.5. The number of aldehydes is 1. The van der Waals surface area contributed by atoms with E-state index in [1.165, 1.54) is 11.8 Å². The molecule has 0 unspecified atom stereocenters. The van der Waals surface area contributed by atoms with Crippen molar-refractivity contribution in [2.75, 3.05) is 0 Å². The van der Waals surface area contributed by atoms with Gasteiger partial charge in [0, 0.05) is 17.8 Å². The Hall–Kier alpha value is -2.16. The molecule has 0 fully saturated rings. The number of pyridine rings is 1. The molecule has 2 rings (SSSR count). The van der Waals surface area contributed by atoms with E-state index >= 15 is 0 Å². The maximum Gasteiger partial charge on any atom is 0.219 e. The van der Waals surface area contributed by atoms with Crippen molar-refractivity contribution in [1.29, 1.82) is 0 Å². The van der Waals surface area contributed by atoms with Crippen LogP contribution in [-0.2, 0) is 0 Å². The average Bonchev–Trinajstić information content (AvgIpc) is 2.40. The molecule has 0 aliphatic carbocycles. The highest BCUT2D eigenvalue weighted by Gasteiger charge is 2.03. The second-order valence-electron chi connectivity index (χ2n) is 4.38. The quantitative estimate of drug-likeness (QED) is 0.764. The van der Waals surface area contributed by atoms with Crippen molar-refractivity contribution >= 4 is 6.29 Å². The molecule has 18 heavy (non-hydrogen) atoms. The summed E-state index contributed by atoms with van der Waals surface area (Å²) in [6.45, 7) is 4.27. The molecule has 0 aliphatic heterocycles. The Morgan fingerprint density at radius 3 is 2.67 bits per heavy atom. The molecular weight excluding hydrogens is 226 g/mol. The van der Waals surface area contributed by atoms with Gasteiger partial charge in [-0.15, -0.1) is 0 Å². The van der Waals surface area contributed by atoms with E-state index in [1.54, 1.807) is 12.1 Å². The molecule has 0 spiro atoms. The number of carbonyl (C=O) groups excluding carboxylic acids is 1. The van der Waals surface area contributed by atoms with Crippen LogP contribution in [0, 0.1) is 0 Å². The fourth-order valence-corrected chi connectivity index (χ4v) is 1.58. The van der Waals surface area contributed by atoms with Crippen molar-refractivity contribution in [3.63, 3.8) is 0 Å². The summed E-state index contributed by atoms with van der Waals surface area (Å²) in [5.74, 6) is 1.70. The number of nitrogens with zero attached hydrogens (tertiary/aromatic N) is 1. The Balaban J connectivity index is 2.17. The Kier molecular flexibility index (Phi) is 3.72. The molecule has 0 aliphatic rings. The van der Waals surface area contributed by atoms with Crippen LogP contribution in [0.3, 0.4) is 0 Å². The van der Waals surface area contributed by atoms with Crippen molar-refractivity contribution in [2.24, 2.45) is 0 Å². The minimum atomic E-state index is 0.457. The van der Waals surface area contributed by atoms with Crippen LogP contribution in [0.4, 0.5) is 0 Å². The molecule has 0 atom stereocenters. The SMILES string of the molecule is CC(C)c1cccc(Oc2ccc(C=O)cn2)c1. The zero-order valence-corrected chi connectivity index (χ0v) is 10.5. The molecule has 0 radical (unpaired) electrons. The van der Waals surface area contributed by atoms with Crippen LogP contribution in [0.1, 0.15) is 35.7 Å². The smallest absolute Gasteiger partial charge is 0.219 e. The molecule has 0 bridgehead atoms. The minimum Gasteiger partial charge on any atom is -0.439 e. The summed E-state index contributed by atoms with van der Waals surface area (Å²) >= 11 is 0.